The molecule has 0 saturated carbocycles. The van der Waals surface area contributed by atoms with Gasteiger partial charge in [-0.05, 0) is 40.5 Å². The lowest BCUT2D eigenvalue weighted by Crippen LogP contribution is -2.43. The van der Waals surface area contributed by atoms with Crippen molar-refractivity contribution in [2.75, 3.05) is 19.0 Å². The van der Waals surface area contributed by atoms with Gasteiger partial charge in [0.2, 0.25) is 0 Å². The Balaban J connectivity index is 2.65. The normalized spacial score (nSPS) is 11.8. The first kappa shape index (κ1) is 16.5. The van der Waals surface area contributed by atoms with Crippen molar-refractivity contribution in [1.82, 2.24) is 5.32 Å². The average molecular weight is 345 g/mol. The highest BCUT2D eigenvalue weighted by Crippen LogP contribution is 2.23. The third-order valence-corrected chi connectivity index (χ3v) is 3.28. The fourth-order valence-electron chi connectivity index (χ4n) is 1.54. The quantitative estimate of drug-likeness (QED) is 0.739. The lowest BCUT2D eigenvalue weighted by molar-refractivity contribution is -0.139. The number of rotatable bonds is 6. The molecule has 0 saturated heterocycles. The number of amides is 2. The second kappa shape index (κ2) is 7.86. The molecular formula is C13H17BrN2O4. The molecule has 20 heavy (non-hydrogen) atoms. The second-order valence-corrected chi connectivity index (χ2v) is 5.11. The van der Waals surface area contributed by atoms with E-state index in [9.17, 15) is 9.59 Å². The van der Waals surface area contributed by atoms with E-state index in [2.05, 4.69) is 26.6 Å². The van der Waals surface area contributed by atoms with Crippen molar-refractivity contribution < 1.29 is 19.4 Å². The van der Waals surface area contributed by atoms with Gasteiger partial charge in [-0.1, -0.05) is 6.07 Å². The van der Waals surface area contributed by atoms with Crippen molar-refractivity contribution >= 4 is 33.6 Å². The summed E-state index contributed by atoms with van der Waals surface area (Å²) < 4.78 is 5.54. The van der Waals surface area contributed by atoms with Crippen LogP contribution < -0.4 is 10.6 Å². The van der Waals surface area contributed by atoms with Gasteiger partial charge in [0.25, 0.3) is 0 Å². The van der Waals surface area contributed by atoms with Crippen LogP contribution in [-0.4, -0.2) is 36.9 Å². The number of hydrogen-bond acceptors (Lipinski definition) is 3. The molecule has 110 valence electrons. The molecule has 0 heterocycles. The minimum atomic E-state index is -1.10. The van der Waals surface area contributed by atoms with E-state index in [-0.39, 0.29) is 13.0 Å². The van der Waals surface area contributed by atoms with Crippen LogP contribution in [0.2, 0.25) is 0 Å². The molecule has 1 atom stereocenters. The molecule has 1 rings (SSSR count). The van der Waals surface area contributed by atoms with Gasteiger partial charge < -0.3 is 20.5 Å². The molecule has 0 aliphatic carbocycles. The SMILES string of the molecule is COCCC(NC(=O)Nc1cc(C)ccc1Br)C(=O)O. The monoisotopic (exact) mass is 344 g/mol. The molecule has 0 aromatic heterocycles. The molecular weight excluding hydrogens is 328 g/mol. The fourth-order valence-corrected chi connectivity index (χ4v) is 1.89. The number of carbonyl (C=O) groups excluding carboxylic acids is 1. The number of methoxy groups -OCH3 is 1. The second-order valence-electron chi connectivity index (χ2n) is 4.25. The van der Waals surface area contributed by atoms with Crippen molar-refractivity contribution in [3.63, 3.8) is 0 Å². The molecule has 1 unspecified atom stereocenters. The minimum Gasteiger partial charge on any atom is -0.480 e. The maximum atomic E-state index is 11.8. The van der Waals surface area contributed by atoms with Crippen LogP contribution >= 0.6 is 15.9 Å². The summed E-state index contributed by atoms with van der Waals surface area (Å²) in [6.07, 6.45) is 0.203. The summed E-state index contributed by atoms with van der Waals surface area (Å²) in [5.74, 6) is -1.10. The Hall–Kier alpha value is -1.60. The largest absolute Gasteiger partial charge is 0.480 e. The highest BCUT2D eigenvalue weighted by Gasteiger charge is 2.19. The molecule has 1 aromatic carbocycles. The van der Waals surface area contributed by atoms with E-state index in [1.807, 2.05) is 19.1 Å². The Morgan fingerprint density at radius 1 is 1.45 bits per heavy atom. The average Bonchev–Trinajstić information content (AvgIpc) is 2.38. The standard InChI is InChI=1S/C13H17BrN2O4/c1-8-3-4-9(14)11(7-8)16-13(19)15-10(12(17)18)5-6-20-2/h3-4,7,10H,5-6H2,1-2H3,(H,17,18)(H2,15,16,19). The highest BCUT2D eigenvalue weighted by atomic mass is 79.9. The Morgan fingerprint density at radius 2 is 2.15 bits per heavy atom. The van der Waals surface area contributed by atoms with Gasteiger partial charge in [0, 0.05) is 24.6 Å². The number of hydrogen-bond donors (Lipinski definition) is 3. The fraction of sp³-hybridized carbons (Fsp3) is 0.385. The molecule has 2 amide bonds. The molecule has 3 N–H and O–H groups in total. The zero-order valence-corrected chi connectivity index (χ0v) is 12.9. The van der Waals surface area contributed by atoms with Crippen LogP contribution in [0.1, 0.15) is 12.0 Å². The number of benzene rings is 1. The molecule has 0 fully saturated rings. The summed E-state index contributed by atoms with van der Waals surface area (Å²) >= 11 is 3.32. The van der Waals surface area contributed by atoms with Crippen LogP contribution in [0.3, 0.4) is 0 Å². The van der Waals surface area contributed by atoms with Crippen LogP contribution in [0.25, 0.3) is 0 Å². The van der Waals surface area contributed by atoms with Gasteiger partial charge >= 0.3 is 12.0 Å². The number of ether oxygens (including phenoxy) is 1. The van der Waals surface area contributed by atoms with E-state index in [1.165, 1.54) is 7.11 Å². The van der Waals surface area contributed by atoms with E-state index in [4.69, 9.17) is 9.84 Å². The van der Waals surface area contributed by atoms with E-state index in [1.54, 1.807) is 6.07 Å². The van der Waals surface area contributed by atoms with Gasteiger partial charge in [-0.2, -0.15) is 0 Å². The van der Waals surface area contributed by atoms with Crippen LogP contribution in [0, 0.1) is 6.92 Å². The van der Waals surface area contributed by atoms with Gasteiger partial charge in [-0.15, -0.1) is 0 Å². The van der Waals surface area contributed by atoms with Gasteiger partial charge in [-0.25, -0.2) is 9.59 Å². The van der Waals surface area contributed by atoms with Crippen LogP contribution in [0.15, 0.2) is 22.7 Å². The Bertz CT molecular complexity index is 493. The highest BCUT2D eigenvalue weighted by molar-refractivity contribution is 9.10. The Kier molecular flexibility index (Phi) is 6.47. The summed E-state index contributed by atoms with van der Waals surface area (Å²) in [6.45, 7) is 2.15. The zero-order valence-electron chi connectivity index (χ0n) is 11.3. The lowest BCUT2D eigenvalue weighted by atomic mass is 10.2. The van der Waals surface area contributed by atoms with Crippen molar-refractivity contribution in [1.29, 1.82) is 0 Å². The maximum Gasteiger partial charge on any atom is 0.326 e. The minimum absolute atomic E-state index is 0.203. The molecule has 7 heteroatoms. The Morgan fingerprint density at radius 3 is 2.75 bits per heavy atom. The molecule has 6 nitrogen and oxygen atoms in total. The third kappa shape index (κ3) is 5.18. The zero-order chi connectivity index (χ0) is 15.1. The van der Waals surface area contributed by atoms with Crippen molar-refractivity contribution in [2.45, 2.75) is 19.4 Å². The number of halogens is 1. The molecule has 0 spiro atoms. The predicted molar refractivity (Wildman–Crippen MR) is 79.0 cm³/mol. The van der Waals surface area contributed by atoms with Crippen molar-refractivity contribution in [3.05, 3.63) is 28.2 Å². The summed E-state index contributed by atoms with van der Waals surface area (Å²) in [5.41, 5.74) is 1.57. The molecule has 0 aliphatic heterocycles. The molecule has 1 aromatic rings. The Labute approximate surface area is 125 Å². The lowest BCUT2D eigenvalue weighted by Gasteiger charge is -2.15. The van der Waals surface area contributed by atoms with Crippen LogP contribution in [0.4, 0.5) is 10.5 Å². The van der Waals surface area contributed by atoms with Gasteiger partial charge in [0.15, 0.2) is 0 Å². The smallest absolute Gasteiger partial charge is 0.326 e. The molecule has 0 bridgehead atoms. The topological polar surface area (TPSA) is 87.7 Å². The van der Waals surface area contributed by atoms with Gasteiger partial charge in [0.1, 0.15) is 6.04 Å². The van der Waals surface area contributed by atoms with Crippen molar-refractivity contribution in [2.24, 2.45) is 0 Å². The number of urea groups is 1. The number of nitrogens with one attached hydrogen (secondary N) is 2. The van der Waals surface area contributed by atoms with Crippen LogP contribution in [-0.2, 0) is 9.53 Å². The summed E-state index contributed by atoms with van der Waals surface area (Å²) in [6, 6.07) is 3.93. The maximum absolute atomic E-state index is 11.8. The summed E-state index contributed by atoms with van der Waals surface area (Å²) in [4.78, 5) is 22.8. The number of carboxylic acid groups (broad SMARTS) is 1. The van der Waals surface area contributed by atoms with Crippen LogP contribution in [0.5, 0.6) is 0 Å². The number of aliphatic carboxylic acids is 1. The predicted octanol–water partition coefficient (Wildman–Crippen LogP) is 2.37. The van der Waals surface area contributed by atoms with E-state index < -0.39 is 18.0 Å². The summed E-state index contributed by atoms with van der Waals surface area (Å²) in [7, 11) is 1.48. The van der Waals surface area contributed by atoms with Gasteiger partial charge in [-0.3, -0.25) is 0 Å². The summed E-state index contributed by atoms with van der Waals surface area (Å²) in [5, 5.41) is 14.0. The first-order valence-corrected chi connectivity index (χ1v) is 6.78. The first-order valence-electron chi connectivity index (χ1n) is 5.99. The number of aryl methyl sites for hydroxylation is 1. The van der Waals surface area contributed by atoms with E-state index in [0.717, 1.165) is 10.0 Å². The first-order chi connectivity index (χ1) is 9.43. The van der Waals surface area contributed by atoms with Crippen molar-refractivity contribution in [3.8, 4) is 0 Å². The third-order valence-electron chi connectivity index (χ3n) is 2.58. The number of anilines is 1. The van der Waals surface area contributed by atoms with E-state index in [0.29, 0.717) is 5.69 Å². The number of carboxylic acids is 1. The van der Waals surface area contributed by atoms with Gasteiger partial charge in [0.05, 0.1) is 5.69 Å². The number of carbonyl (C=O) groups is 2. The van der Waals surface area contributed by atoms with E-state index >= 15 is 0 Å². The molecule has 0 aliphatic rings. The molecule has 0 radical (unpaired) electrons.